The van der Waals surface area contributed by atoms with Crippen molar-refractivity contribution in [2.24, 2.45) is 0 Å². The molecule has 2 N–H and O–H groups in total. The van der Waals surface area contributed by atoms with Crippen molar-refractivity contribution in [1.82, 2.24) is 9.78 Å². The molecule has 7 heteroatoms. The van der Waals surface area contributed by atoms with Crippen LogP contribution >= 0.6 is 23.2 Å². The maximum atomic E-state index is 11.2. The average Bonchev–Trinajstić information content (AvgIpc) is 3.19. The number of hydrogen-bond acceptors (Lipinski definition) is 3. The number of carboxylic acids is 1. The first kappa shape index (κ1) is 16.0. The standard InChI is InChI=1S/C18H13Cl2N3O2/c19-11-4-5-15(20)14(9-11)16-13-6-7-21-17(13)23(22-16)12-3-1-2-10(8-12)18(24)25/h1-5,8-9,21H,6-7H2,(H,24,25). The first-order valence-electron chi connectivity index (χ1n) is 7.69. The van der Waals surface area contributed by atoms with Crippen LogP contribution in [0.15, 0.2) is 42.5 Å². The molecule has 0 bridgehead atoms. The minimum absolute atomic E-state index is 0.210. The molecule has 0 saturated heterocycles. The molecule has 0 atom stereocenters. The number of nitrogens with zero attached hydrogens (tertiary/aromatic N) is 2. The summed E-state index contributed by atoms with van der Waals surface area (Å²) >= 11 is 12.5. The lowest BCUT2D eigenvalue weighted by molar-refractivity contribution is 0.0697. The maximum Gasteiger partial charge on any atom is 0.335 e. The summed E-state index contributed by atoms with van der Waals surface area (Å²) in [4.78, 5) is 11.2. The molecular formula is C18H13Cl2N3O2. The second-order valence-corrected chi connectivity index (χ2v) is 6.59. The predicted molar refractivity (Wildman–Crippen MR) is 98.2 cm³/mol. The summed E-state index contributed by atoms with van der Waals surface area (Å²) < 4.78 is 1.72. The van der Waals surface area contributed by atoms with Crippen molar-refractivity contribution in [2.75, 3.05) is 11.9 Å². The smallest absolute Gasteiger partial charge is 0.335 e. The van der Waals surface area contributed by atoms with Crippen LogP contribution in [0.2, 0.25) is 10.0 Å². The number of halogens is 2. The van der Waals surface area contributed by atoms with Gasteiger partial charge in [0.25, 0.3) is 0 Å². The largest absolute Gasteiger partial charge is 0.478 e. The second kappa shape index (κ2) is 6.10. The van der Waals surface area contributed by atoms with Gasteiger partial charge in [-0.25, -0.2) is 9.48 Å². The van der Waals surface area contributed by atoms with E-state index in [-0.39, 0.29) is 5.56 Å². The van der Waals surface area contributed by atoms with Gasteiger partial charge in [-0.05, 0) is 42.8 Å². The van der Waals surface area contributed by atoms with Gasteiger partial charge < -0.3 is 10.4 Å². The van der Waals surface area contributed by atoms with Crippen LogP contribution in [0.5, 0.6) is 0 Å². The van der Waals surface area contributed by atoms with E-state index >= 15 is 0 Å². The Morgan fingerprint density at radius 3 is 2.84 bits per heavy atom. The summed E-state index contributed by atoms with van der Waals surface area (Å²) in [6, 6.07) is 12.0. The van der Waals surface area contributed by atoms with E-state index in [1.807, 2.05) is 6.07 Å². The quantitative estimate of drug-likeness (QED) is 0.708. The molecule has 1 aliphatic heterocycles. The van der Waals surface area contributed by atoms with Gasteiger partial charge in [-0.2, -0.15) is 5.10 Å². The van der Waals surface area contributed by atoms with Crippen LogP contribution in [0.1, 0.15) is 15.9 Å². The number of hydrogen-bond donors (Lipinski definition) is 2. The zero-order valence-electron chi connectivity index (χ0n) is 13.0. The van der Waals surface area contributed by atoms with Gasteiger partial charge in [0.05, 0.1) is 22.0 Å². The lowest BCUT2D eigenvalue weighted by atomic mass is 10.1. The Kier molecular flexibility index (Phi) is 3.90. The number of fused-ring (bicyclic) bond motifs is 1. The minimum atomic E-state index is -0.975. The minimum Gasteiger partial charge on any atom is -0.478 e. The summed E-state index contributed by atoms with van der Waals surface area (Å²) in [5.74, 6) is -0.120. The number of benzene rings is 2. The molecule has 2 heterocycles. The molecule has 3 aromatic rings. The van der Waals surface area contributed by atoms with Crippen molar-refractivity contribution >= 4 is 35.0 Å². The molecule has 2 aromatic carbocycles. The SMILES string of the molecule is O=C(O)c1cccc(-n2nc(-c3cc(Cl)ccc3Cl)c3c2NCC3)c1. The fourth-order valence-electron chi connectivity index (χ4n) is 3.03. The highest BCUT2D eigenvalue weighted by Gasteiger charge is 2.25. The number of rotatable bonds is 3. The number of anilines is 1. The molecule has 0 unspecified atom stereocenters. The summed E-state index contributed by atoms with van der Waals surface area (Å²) in [6.07, 6.45) is 0.812. The zero-order chi connectivity index (χ0) is 17.6. The van der Waals surface area contributed by atoms with Gasteiger partial charge in [-0.15, -0.1) is 0 Å². The Balaban J connectivity index is 1.91. The molecule has 1 aliphatic rings. The monoisotopic (exact) mass is 373 g/mol. The van der Waals surface area contributed by atoms with Crippen LogP contribution in [0.3, 0.4) is 0 Å². The molecule has 126 valence electrons. The number of carboxylic acid groups (broad SMARTS) is 1. The van der Waals surface area contributed by atoms with Crippen molar-refractivity contribution in [1.29, 1.82) is 0 Å². The van der Waals surface area contributed by atoms with Crippen molar-refractivity contribution in [3.05, 3.63) is 63.6 Å². The molecule has 0 fully saturated rings. The fourth-order valence-corrected chi connectivity index (χ4v) is 3.41. The van der Waals surface area contributed by atoms with Gasteiger partial charge in [0, 0.05) is 22.7 Å². The van der Waals surface area contributed by atoms with Gasteiger partial charge in [0.2, 0.25) is 0 Å². The number of aromatic nitrogens is 2. The Morgan fingerprint density at radius 1 is 1.20 bits per heavy atom. The van der Waals surface area contributed by atoms with Crippen molar-refractivity contribution in [3.63, 3.8) is 0 Å². The Bertz CT molecular complexity index is 998. The summed E-state index contributed by atoms with van der Waals surface area (Å²) in [6.45, 7) is 0.789. The van der Waals surface area contributed by atoms with Gasteiger partial charge in [-0.1, -0.05) is 29.3 Å². The van der Waals surface area contributed by atoms with E-state index in [0.717, 1.165) is 35.6 Å². The van der Waals surface area contributed by atoms with E-state index in [0.29, 0.717) is 15.7 Å². The molecule has 0 radical (unpaired) electrons. The van der Waals surface area contributed by atoms with E-state index in [1.54, 1.807) is 41.1 Å². The molecule has 0 saturated carbocycles. The first-order chi connectivity index (χ1) is 12.0. The Morgan fingerprint density at radius 2 is 2.04 bits per heavy atom. The Hall–Kier alpha value is -2.50. The van der Waals surface area contributed by atoms with Crippen LogP contribution in [0.4, 0.5) is 5.82 Å². The topological polar surface area (TPSA) is 67.1 Å². The van der Waals surface area contributed by atoms with Gasteiger partial charge in [-0.3, -0.25) is 0 Å². The third-order valence-electron chi connectivity index (χ3n) is 4.17. The van der Waals surface area contributed by atoms with Crippen LogP contribution in [-0.2, 0) is 6.42 Å². The molecule has 5 nitrogen and oxygen atoms in total. The first-order valence-corrected chi connectivity index (χ1v) is 8.45. The third-order valence-corrected chi connectivity index (χ3v) is 4.74. The van der Waals surface area contributed by atoms with Gasteiger partial charge >= 0.3 is 5.97 Å². The van der Waals surface area contributed by atoms with E-state index in [9.17, 15) is 9.90 Å². The van der Waals surface area contributed by atoms with Crippen LogP contribution in [0.25, 0.3) is 16.9 Å². The molecule has 0 spiro atoms. The average molecular weight is 374 g/mol. The lowest BCUT2D eigenvalue weighted by Crippen LogP contribution is -2.05. The van der Waals surface area contributed by atoms with Crippen molar-refractivity contribution in [2.45, 2.75) is 6.42 Å². The fraction of sp³-hybridized carbons (Fsp3) is 0.111. The van der Waals surface area contributed by atoms with Crippen molar-refractivity contribution in [3.8, 4) is 16.9 Å². The summed E-state index contributed by atoms with van der Waals surface area (Å²) in [5.41, 5.74) is 3.46. The van der Waals surface area contributed by atoms with E-state index < -0.39 is 5.97 Å². The molecule has 0 amide bonds. The van der Waals surface area contributed by atoms with E-state index in [2.05, 4.69) is 5.32 Å². The Labute approximate surface area is 153 Å². The van der Waals surface area contributed by atoms with Crippen LogP contribution in [-0.4, -0.2) is 27.4 Å². The summed E-state index contributed by atoms with van der Waals surface area (Å²) in [5, 5.41) is 18.4. The second-order valence-electron chi connectivity index (χ2n) is 5.74. The lowest BCUT2D eigenvalue weighted by Gasteiger charge is -2.07. The van der Waals surface area contributed by atoms with Gasteiger partial charge in [0.1, 0.15) is 5.82 Å². The predicted octanol–water partition coefficient (Wildman–Crippen LogP) is 4.51. The van der Waals surface area contributed by atoms with E-state index in [4.69, 9.17) is 28.3 Å². The molecule has 25 heavy (non-hydrogen) atoms. The number of aromatic carboxylic acids is 1. The number of nitrogens with one attached hydrogen (secondary N) is 1. The molecule has 4 rings (SSSR count). The van der Waals surface area contributed by atoms with Crippen molar-refractivity contribution < 1.29 is 9.90 Å². The highest BCUT2D eigenvalue weighted by Crippen LogP contribution is 2.38. The zero-order valence-corrected chi connectivity index (χ0v) is 14.5. The highest BCUT2D eigenvalue weighted by atomic mass is 35.5. The molecule has 0 aliphatic carbocycles. The number of carbonyl (C=O) groups is 1. The molecule has 1 aromatic heterocycles. The summed E-state index contributed by atoms with van der Waals surface area (Å²) in [7, 11) is 0. The normalized spacial score (nSPS) is 12.7. The van der Waals surface area contributed by atoms with E-state index in [1.165, 1.54) is 0 Å². The van der Waals surface area contributed by atoms with Crippen LogP contribution in [0, 0.1) is 0 Å². The van der Waals surface area contributed by atoms with Crippen LogP contribution < -0.4 is 5.32 Å². The van der Waals surface area contributed by atoms with Gasteiger partial charge in [0.15, 0.2) is 0 Å². The molecular weight excluding hydrogens is 361 g/mol. The highest BCUT2D eigenvalue weighted by molar-refractivity contribution is 6.35. The third kappa shape index (κ3) is 2.75. The maximum absolute atomic E-state index is 11.2.